The van der Waals surface area contributed by atoms with E-state index in [0.29, 0.717) is 18.6 Å². The van der Waals surface area contributed by atoms with Crippen molar-refractivity contribution in [2.24, 2.45) is 11.8 Å². The zero-order valence-corrected chi connectivity index (χ0v) is 9.70. The Balaban J connectivity index is 2.11. The molecule has 1 saturated heterocycles. The number of carbonyl (C=O) groups is 3. The number of hydrogen-bond donors (Lipinski definition) is 1. The number of likely N-dealkylation sites (tertiary alicyclic amines) is 1. The summed E-state index contributed by atoms with van der Waals surface area (Å²) in [5.41, 5.74) is 0. The fourth-order valence-electron chi connectivity index (χ4n) is 2.11. The highest BCUT2D eigenvalue weighted by molar-refractivity contribution is 7.98. The van der Waals surface area contributed by atoms with Gasteiger partial charge in [0.25, 0.3) is 0 Å². The van der Waals surface area contributed by atoms with Crippen LogP contribution in [-0.4, -0.2) is 45.8 Å². The minimum Gasteiger partial charge on any atom is -0.480 e. The molecule has 0 aromatic rings. The molecule has 0 spiro atoms. The van der Waals surface area contributed by atoms with Crippen LogP contribution in [0.5, 0.6) is 0 Å². The van der Waals surface area contributed by atoms with Gasteiger partial charge in [-0.1, -0.05) is 0 Å². The van der Waals surface area contributed by atoms with Crippen LogP contribution >= 0.6 is 11.8 Å². The summed E-state index contributed by atoms with van der Waals surface area (Å²) in [7, 11) is 0. The number of rotatable bonds is 5. The van der Waals surface area contributed by atoms with Crippen LogP contribution in [-0.2, 0) is 14.4 Å². The molecule has 0 aromatic heterocycles. The standard InChI is InChI=1S/C10H13NO4S/c1-16-3-2-7(10(14)15)11-8(12)5-4-6(5)9(11)13/h5-7H,2-4H2,1H3,(H,14,15). The Hall–Kier alpha value is -1.04. The van der Waals surface area contributed by atoms with Gasteiger partial charge >= 0.3 is 5.97 Å². The lowest BCUT2D eigenvalue weighted by atomic mass is 10.2. The second kappa shape index (κ2) is 4.08. The van der Waals surface area contributed by atoms with Gasteiger partial charge in [-0.3, -0.25) is 14.5 Å². The Kier molecular flexibility index (Phi) is 2.92. The molecule has 88 valence electrons. The first-order valence-electron chi connectivity index (χ1n) is 5.16. The molecule has 0 bridgehead atoms. The van der Waals surface area contributed by atoms with E-state index in [0.717, 1.165) is 4.90 Å². The van der Waals surface area contributed by atoms with Gasteiger partial charge in [-0.2, -0.15) is 11.8 Å². The molecule has 1 saturated carbocycles. The van der Waals surface area contributed by atoms with Gasteiger partial charge in [0.15, 0.2) is 0 Å². The van der Waals surface area contributed by atoms with Crippen molar-refractivity contribution in [3.63, 3.8) is 0 Å². The zero-order chi connectivity index (χ0) is 11.9. The molecule has 1 heterocycles. The first kappa shape index (κ1) is 11.4. The summed E-state index contributed by atoms with van der Waals surface area (Å²) in [6, 6.07) is -0.972. The lowest BCUT2D eigenvalue weighted by Gasteiger charge is -2.23. The number of thioether (sulfide) groups is 1. The molecule has 2 aliphatic rings. The minimum absolute atomic E-state index is 0.219. The number of piperidine rings is 1. The number of nitrogens with zero attached hydrogens (tertiary/aromatic N) is 1. The topological polar surface area (TPSA) is 74.7 Å². The molecule has 5 nitrogen and oxygen atoms in total. The first-order chi connectivity index (χ1) is 7.57. The summed E-state index contributed by atoms with van der Waals surface area (Å²) in [6.07, 6.45) is 2.81. The maximum absolute atomic E-state index is 11.7. The van der Waals surface area contributed by atoms with Crippen LogP contribution < -0.4 is 0 Å². The molecule has 2 amide bonds. The quantitative estimate of drug-likeness (QED) is 0.698. The van der Waals surface area contributed by atoms with Crippen LogP contribution in [0.2, 0.25) is 0 Å². The van der Waals surface area contributed by atoms with Gasteiger partial charge in [0, 0.05) is 0 Å². The highest BCUT2D eigenvalue weighted by Crippen LogP contribution is 2.47. The van der Waals surface area contributed by atoms with Crippen molar-refractivity contribution in [2.45, 2.75) is 18.9 Å². The Labute approximate surface area is 97.2 Å². The van der Waals surface area contributed by atoms with Crippen molar-refractivity contribution in [1.29, 1.82) is 0 Å². The highest BCUT2D eigenvalue weighted by atomic mass is 32.2. The number of hydrogen-bond acceptors (Lipinski definition) is 4. The molecular formula is C10H13NO4S. The van der Waals surface area contributed by atoms with Crippen LogP contribution in [0.25, 0.3) is 0 Å². The summed E-state index contributed by atoms with van der Waals surface area (Å²) in [6.45, 7) is 0. The normalized spacial score (nSPS) is 29.2. The van der Waals surface area contributed by atoms with Gasteiger partial charge in [0.2, 0.25) is 11.8 Å². The smallest absolute Gasteiger partial charge is 0.326 e. The molecule has 0 radical (unpaired) electrons. The summed E-state index contributed by atoms with van der Waals surface area (Å²) in [5.74, 6) is -1.47. The van der Waals surface area contributed by atoms with Crippen LogP contribution in [0.3, 0.4) is 0 Å². The minimum atomic E-state index is -1.09. The fraction of sp³-hybridized carbons (Fsp3) is 0.700. The van der Waals surface area contributed by atoms with Crippen LogP contribution in [0.15, 0.2) is 0 Å². The lowest BCUT2D eigenvalue weighted by molar-refractivity contribution is -0.155. The monoisotopic (exact) mass is 243 g/mol. The average Bonchev–Trinajstić information content (AvgIpc) is 2.97. The van der Waals surface area contributed by atoms with Gasteiger partial charge in [-0.15, -0.1) is 0 Å². The molecule has 2 fully saturated rings. The van der Waals surface area contributed by atoms with Crippen molar-refractivity contribution in [3.8, 4) is 0 Å². The maximum Gasteiger partial charge on any atom is 0.326 e. The van der Waals surface area contributed by atoms with E-state index in [4.69, 9.17) is 5.11 Å². The Bertz CT molecular complexity index is 337. The lowest BCUT2D eigenvalue weighted by Crippen LogP contribution is -2.46. The Morgan fingerprint density at radius 1 is 1.50 bits per heavy atom. The third-order valence-electron chi connectivity index (χ3n) is 3.09. The third kappa shape index (κ3) is 1.71. The number of carboxylic acid groups (broad SMARTS) is 1. The van der Waals surface area contributed by atoms with E-state index in [9.17, 15) is 14.4 Å². The zero-order valence-electron chi connectivity index (χ0n) is 8.88. The maximum atomic E-state index is 11.7. The molecule has 1 aliphatic carbocycles. The molecular weight excluding hydrogens is 230 g/mol. The number of fused-ring (bicyclic) bond motifs is 1. The second-order valence-electron chi connectivity index (χ2n) is 4.13. The molecule has 6 heteroatoms. The van der Waals surface area contributed by atoms with E-state index in [1.807, 2.05) is 6.26 Å². The number of carbonyl (C=O) groups excluding carboxylic acids is 2. The van der Waals surface area contributed by atoms with Crippen molar-refractivity contribution < 1.29 is 19.5 Å². The SMILES string of the molecule is CSCCC(C(=O)O)N1C(=O)C2CC2C1=O. The van der Waals surface area contributed by atoms with E-state index in [1.54, 1.807) is 0 Å². The van der Waals surface area contributed by atoms with Crippen molar-refractivity contribution in [1.82, 2.24) is 4.90 Å². The van der Waals surface area contributed by atoms with Gasteiger partial charge in [-0.25, -0.2) is 4.79 Å². The number of amides is 2. The second-order valence-corrected chi connectivity index (χ2v) is 5.12. The number of imide groups is 1. The summed E-state index contributed by atoms with van der Waals surface area (Å²) in [4.78, 5) is 35.4. The summed E-state index contributed by atoms with van der Waals surface area (Å²) in [5, 5.41) is 9.04. The van der Waals surface area contributed by atoms with Crippen molar-refractivity contribution in [3.05, 3.63) is 0 Å². The molecule has 0 aromatic carbocycles. The van der Waals surface area contributed by atoms with E-state index in [2.05, 4.69) is 0 Å². The molecule has 3 unspecified atom stereocenters. The molecule has 3 atom stereocenters. The van der Waals surface area contributed by atoms with Gasteiger partial charge in [0.05, 0.1) is 11.8 Å². The number of carboxylic acids is 1. The summed E-state index contributed by atoms with van der Waals surface area (Å²) >= 11 is 1.51. The van der Waals surface area contributed by atoms with Gasteiger partial charge in [-0.05, 0) is 24.9 Å². The highest BCUT2D eigenvalue weighted by Gasteiger charge is 2.61. The van der Waals surface area contributed by atoms with Crippen LogP contribution in [0, 0.1) is 11.8 Å². The predicted molar refractivity (Wildman–Crippen MR) is 57.9 cm³/mol. The van der Waals surface area contributed by atoms with E-state index < -0.39 is 12.0 Å². The van der Waals surface area contributed by atoms with E-state index >= 15 is 0 Å². The first-order valence-corrected chi connectivity index (χ1v) is 6.56. The molecule has 1 aliphatic heterocycles. The summed E-state index contributed by atoms with van der Waals surface area (Å²) < 4.78 is 0. The Morgan fingerprint density at radius 3 is 2.50 bits per heavy atom. The van der Waals surface area contributed by atoms with Crippen molar-refractivity contribution >= 4 is 29.5 Å². The van der Waals surface area contributed by atoms with Crippen LogP contribution in [0.1, 0.15) is 12.8 Å². The van der Waals surface area contributed by atoms with E-state index in [1.165, 1.54) is 11.8 Å². The van der Waals surface area contributed by atoms with Crippen molar-refractivity contribution in [2.75, 3.05) is 12.0 Å². The third-order valence-corrected chi connectivity index (χ3v) is 3.74. The largest absolute Gasteiger partial charge is 0.480 e. The van der Waals surface area contributed by atoms with Gasteiger partial charge < -0.3 is 5.11 Å². The Morgan fingerprint density at radius 2 is 2.06 bits per heavy atom. The molecule has 1 N–H and O–H groups in total. The average molecular weight is 243 g/mol. The number of aliphatic carboxylic acids is 1. The predicted octanol–water partition coefficient (Wildman–Crippen LogP) is 0.198. The van der Waals surface area contributed by atoms with Crippen LogP contribution in [0.4, 0.5) is 0 Å². The van der Waals surface area contributed by atoms with Gasteiger partial charge in [0.1, 0.15) is 6.04 Å². The molecule has 16 heavy (non-hydrogen) atoms. The van der Waals surface area contributed by atoms with E-state index in [-0.39, 0.29) is 23.7 Å². The molecule has 2 rings (SSSR count). The fourth-order valence-corrected chi connectivity index (χ4v) is 2.57.